The third-order valence-corrected chi connectivity index (χ3v) is 6.84. The molecule has 0 amide bonds. The first kappa shape index (κ1) is 20.1. The largest absolute Gasteiger partial charge is 0.423 e. The van der Waals surface area contributed by atoms with Crippen molar-refractivity contribution in [2.45, 2.75) is 31.5 Å². The van der Waals surface area contributed by atoms with E-state index in [1.807, 2.05) is 0 Å². The Hall–Kier alpha value is -3.50. The number of rotatable bonds is 5. The van der Waals surface area contributed by atoms with Crippen LogP contribution in [0.4, 0.5) is 15.9 Å². The number of pyridine rings is 1. The van der Waals surface area contributed by atoms with Crippen molar-refractivity contribution in [2.75, 3.05) is 23.8 Å². The first-order valence-corrected chi connectivity index (χ1v) is 11.1. The Labute approximate surface area is 189 Å². The van der Waals surface area contributed by atoms with Crippen LogP contribution in [0.5, 0.6) is 11.8 Å². The zero-order valence-corrected chi connectivity index (χ0v) is 18.2. The van der Waals surface area contributed by atoms with E-state index in [1.54, 1.807) is 25.4 Å². The second-order valence-corrected chi connectivity index (χ2v) is 8.80. The number of piperidine rings is 1. The second kappa shape index (κ2) is 7.53. The molecule has 1 aliphatic carbocycles. The van der Waals surface area contributed by atoms with Gasteiger partial charge in [0.25, 0.3) is 0 Å². The molecule has 6 rings (SSSR count). The fraction of sp³-hybridized carbons (Fsp3) is 0.348. The van der Waals surface area contributed by atoms with Crippen LogP contribution in [0.3, 0.4) is 0 Å². The number of hydrogen-bond acceptors (Lipinski definition) is 8. The van der Waals surface area contributed by atoms with Crippen LogP contribution in [0, 0.1) is 11.7 Å². The van der Waals surface area contributed by atoms with Crippen LogP contribution in [0.25, 0.3) is 21.9 Å². The number of anilines is 2. The van der Waals surface area contributed by atoms with E-state index >= 15 is 0 Å². The van der Waals surface area contributed by atoms with Crippen LogP contribution < -0.4 is 26.4 Å². The summed E-state index contributed by atoms with van der Waals surface area (Å²) in [5, 5.41) is 4.58. The van der Waals surface area contributed by atoms with E-state index in [4.69, 9.17) is 21.2 Å². The van der Waals surface area contributed by atoms with Crippen LogP contribution >= 0.6 is 0 Å². The van der Waals surface area contributed by atoms with Crippen molar-refractivity contribution in [3.63, 3.8) is 0 Å². The van der Waals surface area contributed by atoms with Crippen LogP contribution in [0.2, 0.25) is 0 Å². The predicted molar refractivity (Wildman–Crippen MR) is 125 cm³/mol. The van der Waals surface area contributed by atoms with E-state index in [1.165, 1.54) is 12.1 Å². The van der Waals surface area contributed by atoms with Gasteiger partial charge in [0.15, 0.2) is 0 Å². The number of ether oxygens (including phenoxy) is 1. The zero-order valence-electron chi connectivity index (χ0n) is 18.2. The maximum atomic E-state index is 14.5. The lowest BCUT2D eigenvalue weighted by Gasteiger charge is -2.31. The van der Waals surface area contributed by atoms with Gasteiger partial charge in [0.05, 0.1) is 28.5 Å². The lowest BCUT2D eigenvalue weighted by atomic mass is 10.0. The number of halogens is 1. The molecule has 4 aromatic rings. The average Bonchev–Trinajstić information content (AvgIpc) is 3.50. The maximum Gasteiger partial charge on any atom is 0.326 e. The molecule has 3 atom stereocenters. The van der Waals surface area contributed by atoms with Crippen LogP contribution in [0.15, 0.2) is 30.5 Å². The third-order valence-electron chi connectivity index (χ3n) is 6.84. The molecule has 1 aliphatic heterocycles. The Morgan fingerprint density at radius 1 is 1.27 bits per heavy atom. The Balaban J connectivity index is 1.52. The Bertz CT molecular complexity index is 1350. The molecule has 6 N–H and O–H groups in total. The summed E-state index contributed by atoms with van der Waals surface area (Å²) in [5.41, 5.74) is 14.7. The average molecular weight is 449 g/mol. The smallest absolute Gasteiger partial charge is 0.326 e. The van der Waals surface area contributed by atoms with Gasteiger partial charge in [-0.15, -0.1) is 0 Å². The molecule has 170 valence electrons. The quantitative estimate of drug-likeness (QED) is 0.367. The van der Waals surface area contributed by atoms with E-state index in [-0.39, 0.29) is 17.9 Å². The van der Waals surface area contributed by atoms with Gasteiger partial charge in [0, 0.05) is 37.6 Å². The van der Waals surface area contributed by atoms with Crippen molar-refractivity contribution >= 4 is 33.4 Å². The van der Waals surface area contributed by atoms with Gasteiger partial charge in [-0.3, -0.25) is 4.98 Å². The molecule has 2 unspecified atom stereocenters. The normalized spacial score (nSPS) is 21.9. The van der Waals surface area contributed by atoms with Gasteiger partial charge in [0.1, 0.15) is 23.0 Å². The number of nitrogens with zero attached hydrogens (tertiary/aromatic N) is 4. The summed E-state index contributed by atoms with van der Waals surface area (Å²) in [6.45, 7) is 1.16. The number of fused-ring (bicyclic) bond motifs is 5. The molecule has 0 spiro atoms. The molecule has 3 aromatic heterocycles. The van der Waals surface area contributed by atoms with E-state index in [0.29, 0.717) is 35.6 Å². The van der Waals surface area contributed by atoms with E-state index in [9.17, 15) is 4.39 Å². The predicted octanol–water partition coefficient (Wildman–Crippen LogP) is 2.86. The Kier molecular flexibility index (Phi) is 4.59. The van der Waals surface area contributed by atoms with E-state index in [2.05, 4.69) is 25.2 Å². The highest BCUT2D eigenvalue weighted by atomic mass is 19.1. The molecule has 2 aliphatic rings. The minimum absolute atomic E-state index is 0.199. The Morgan fingerprint density at radius 2 is 2.15 bits per heavy atom. The fourth-order valence-corrected chi connectivity index (χ4v) is 5.23. The van der Waals surface area contributed by atoms with Gasteiger partial charge in [-0.05, 0) is 43.0 Å². The molecule has 33 heavy (non-hydrogen) atoms. The van der Waals surface area contributed by atoms with E-state index < -0.39 is 0 Å². The number of hydrogen-bond donors (Lipinski definition) is 4. The van der Waals surface area contributed by atoms with Gasteiger partial charge in [-0.25, -0.2) is 4.39 Å². The highest BCUT2D eigenvalue weighted by Crippen LogP contribution is 2.44. The first-order chi connectivity index (χ1) is 16.0. The maximum absolute atomic E-state index is 14.5. The number of benzene rings is 1. The number of nitrogens with two attached hydrogens (primary N) is 2. The van der Waals surface area contributed by atoms with Gasteiger partial charge < -0.3 is 31.4 Å². The first-order valence-electron chi connectivity index (χ1n) is 11.1. The number of H-pyrrole nitrogens is 1. The van der Waals surface area contributed by atoms with Gasteiger partial charge in [0.2, 0.25) is 0 Å². The van der Waals surface area contributed by atoms with Crippen molar-refractivity contribution in [1.29, 1.82) is 0 Å². The van der Waals surface area contributed by atoms with Crippen LogP contribution in [-0.4, -0.2) is 45.6 Å². The zero-order chi connectivity index (χ0) is 22.7. The number of aromatic nitrogens is 4. The summed E-state index contributed by atoms with van der Waals surface area (Å²) in [7, 11) is 1.76. The number of nitrogens with one attached hydrogen (secondary N) is 2. The minimum atomic E-state index is -0.324. The van der Waals surface area contributed by atoms with Gasteiger partial charge in [-0.1, -0.05) is 0 Å². The molecule has 2 bridgehead atoms. The molecule has 4 heterocycles. The molecule has 1 saturated carbocycles. The second-order valence-electron chi connectivity index (χ2n) is 8.80. The van der Waals surface area contributed by atoms with Crippen molar-refractivity contribution < 1.29 is 9.13 Å². The SMILES string of the molecule is CNc1cc(F)cc2c1[nH]c1nc(Oc3ccc(CN)nc3)nc(N3CC4CC3C[C@@H]4N)c12. The van der Waals surface area contributed by atoms with Crippen molar-refractivity contribution in [2.24, 2.45) is 17.4 Å². The van der Waals surface area contributed by atoms with Crippen molar-refractivity contribution in [3.8, 4) is 11.8 Å². The minimum Gasteiger partial charge on any atom is -0.423 e. The topological polar surface area (TPSA) is 131 Å². The van der Waals surface area contributed by atoms with Gasteiger partial charge >= 0.3 is 6.01 Å². The summed E-state index contributed by atoms with van der Waals surface area (Å²) >= 11 is 0. The molecule has 2 fully saturated rings. The number of aromatic amines is 1. The fourth-order valence-electron chi connectivity index (χ4n) is 5.23. The molecule has 1 saturated heterocycles. The lowest BCUT2D eigenvalue weighted by Crippen LogP contribution is -2.41. The molecular weight excluding hydrogens is 423 g/mol. The summed E-state index contributed by atoms with van der Waals surface area (Å²) in [6, 6.07) is 7.29. The van der Waals surface area contributed by atoms with E-state index in [0.717, 1.165) is 47.2 Å². The van der Waals surface area contributed by atoms with Crippen LogP contribution in [-0.2, 0) is 6.54 Å². The summed E-state index contributed by atoms with van der Waals surface area (Å²) in [6.07, 6.45) is 3.55. The van der Waals surface area contributed by atoms with Gasteiger partial charge in [-0.2, -0.15) is 9.97 Å². The monoisotopic (exact) mass is 448 g/mol. The summed E-state index contributed by atoms with van der Waals surface area (Å²) in [5.74, 6) is 1.35. The summed E-state index contributed by atoms with van der Waals surface area (Å²) in [4.78, 5) is 19.3. The highest BCUT2D eigenvalue weighted by Gasteiger charge is 2.44. The van der Waals surface area contributed by atoms with Crippen molar-refractivity contribution in [1.82, 2.24) is 19.9 Å². The molecular formula is C23H25FN8O. The molecule has 1 aromatic carbocycles. The third kappa shape index (κ3) is 3.25. The van der Waals surface area contributed by atoms with Crippen molar-refractivity contribution in [3.05, 3.63) is 42.0 Å². The summed E-state index contributed by atoms with van der Waals surface area (Å²) < 4.78 is 20.4. The lowest BCUT2D eigenvalue weighted by molar-refractivity contribution is 0.438. The molecule has 10 heteroatoms. The Morgan fingerprint density at radius 3 is 2.82 bits per heavy atom. The molecule has 0 radical (unpaired) electrons. The van der Waals surface area contributed by atoms with Crippen LogP contribution in [0.1, 0.15) is 18.5 Å². The highest BCUT2D eigenvalue weighted by molar-refractivity contribution is 6.14. The molecule has 9 nitrogen and oxygen atoms in total. The standard InChI is InChI=1S/C23H25FN8O/c1-27-18-6-12(24)5-16-19-21(29-20(16)18)30-23(33-15-3-2-13(8-25)28-9-15)31-22(19)32-10-11-4-14(32)7-17(11)26/h2-3,5-6,9,11,14,17,27H,4,7-8,10,25-26H2,1H3,(H,29,30,31)/t11?,14?,17-/m0/s1.